The number of methoxy groups -OCH3 is 1. The monoisotopic (exact) mass is 204 g/mol. The maximum Gasteiger partial charge on any atom is 0.305 e. The SMILES string of the molecule is COC(=O)CCC(=O)CCCSC. The van der Waals surface area contributed by atoms with E-state index in [0.717, 1.165) is 12.2 Å². The molecule has 0 aliphatic heterocycles. The largest absolute Gasteiger partial charge is 0.469 e. The topological polar surface area (TPSA) is 43.4 Å². The molecule has 0 aromatic rings. The van der Waals surface area contributed by atoms with Crippen molar-refractivity contribution in [3.05, 3.63) is 0 Å². The molecule has 0 atom stereocenters. The van der Waals surface area contributed by atoms with E-state index >= 15 is 0 Å². The van der Waals surface area contributed by atoms with Crippen LogP contribution in [0.4, 0.5) is 0 Å². The van der Waals surface area contributed by atoms with Gasteiger partial charge < -0.3 is 4.74 Å². The van der Waals surface area contributed by atoms with Gasteiger partial charge in [-0.15, -0.1) is 0 Å². The first-order valence-electron chi connectivity index (χ1n) is 4.28. The zero-order valence-corrected chi connectivity index (χ0v) is 8.99. The molecule has 0 spiro atoms. The predicted octanol–water partition coefficient (Wildman–Crippen LogP) is 1.65. The number of hydrogen-bond donors (Lipinski definition) is 0. The molecule has 0 amide bonds. The molecule has 0 aromatic heterocycles. The molecule has 3 nitrogen and oxygen atoms in total. The van der Waals surface area contributed by atoms with Crippen LogP contribution in [0.2, 0.25) is 0 Å². The van der Waals surface area contributed by atoms with Crippen molar-refractivity contribution in [1.29, 1.82) is 0 Å². The van der Waals surface area contributed by atoms with Gasteiger partial charge in [0.2, 0.25) is 0 Å². The summed E-state index contributed by atoms with van der Waals surface area (Å²) in [6.45, 7) is 0. The van der Waals surface area contributed by atoms with Gasteiger partial charge in [0.15, 0.2) is 0 Å². The fourth-order valence-electron chi connectivity index (χ4n) is 0.882. The van der Waals surface area contributed by atoms with E-state index in [0.29, 0.717) is 12.8 Å². The summed E-state index contributed by atoms with van der Waals surface area (Å²) in [5, 5.41) is 0. The minimum atomic E-state index is -0.307. The molecule has 0 bridgehead atoms. The van der Waals surface area contributed by atoms with Crippen molar-refractivity contribution in [3.63, 3.8) is 0 Å². The van der Waals surface area contributed by atoms with Crippen LogP contribution in [0, 0.1) is 0 Å². The third kappa shape index (κ3) is 7.84. The second-order valence-electron chi connectivity index (χ2n) is 2.71. The minimum Gasteiger partial charge on any atom is -0.469 e. The van der Waals surface area contributed by atoms with Crippen molar-refractivity contribution in [2.24, 2.45) is 0 Å². The number of carbonyl (C=O) groups is 2. The maximum atomic E-state index is 11.1. The fourth-order valence-corrected chi connectivity index (χ4v) is 1.32. The summed E-state index contributed by atoms with van der Waals surface area (Å²) in [5.74, 6) is 0.849. The molecule has 0 fully saturated rings. The quantitative estimate of drug-likeness (QED) is 0.467. The molecule has 0 radical (unpaired) electrons. The summed E-state index contributed by atoms with van der Waals surface area (Å²) in [6.07, 6.45) is 4.04. The molecule has 4 heteroatoms. The predicted molar refractivity (Wildman–Crippen MR) is 53.9 cm³/mol. The Kier molecular flexibility index (Phi) is 7.79. The van der Waals surface area contributed by atoms with Gasteiger partial charge in [0.05, 0.1) is 13.5 Å². The van der Waals surface area contributed by atoms with Gasteiger partial charge in [-0.05, 0) is 18.4 Å². The standard InChI is InChI=1S/C9H16O3S/c1-12-9(11)6-5-8(10)4-3-7-13-2/h3-7H2,1-2H3. The van der Waals surface area contributed by atoms with E-state index in [1.54, 1.807) is 11.8 Å². The van der Waals surface area contributed by atoms with Crippen molar-refractivity contribution in [2.45, 2.75) is 25.7 Å². The van der Waals surface area contributed by atoms with Crippen LogP contribution in [0.1, 0.15) is 25.7 Å². The van der Waals surface area contributed by atoms with Crippen LogP contribution in [0.5, 0.6) is 0 Å². The van der Waals surface area contributed by atoms with Crippen LogP contribution < -0.4 is 0 Å². The van der Waals surface area contributed by atoms with Gasteiger partial charge in [0.1, 0.15) is 5.78 Å². The highest BCUT2D eigenvalue weighted by molar-refractivity contribution is 7.98. The Hall–Kier alpha value is -0.510. The lowest BCUT2D eigenvalue weighted by Crippen LogP contribution is -2.05. The number of rotatable bonds is 7. The van der Waals surface area contributed by atoms with Crippen LogP contribution in [0.25, 0.3) is 0 Å². The number of ketones is 1. The molecule has 0 rings (SSSR count). The molecule has 0 heterocycles. The van der Waals surface area contributed by atoms with Crippen LogP contribution >= 0.6 is 11.8 Å². The van der Waals surface area contributed by atoms with E-state index in [1.165, 1.54) is 7.11 Å². The average molecular weight is 204 g/mol. The molecular weight excluding hydrogens is 188 g/mol. The Balaban J connectivity index is 3.35. The second kappa shape index (κ2) is 8.10. The van der Waals surface area contributed by atoms with E-state index in [4.69, 9.17) is 0 Å². The van der Waals surface area contributed by atoms with Crippen LogP contribution in [0.15, 0.2) is 0 Å². The minimum absolute atomic E-state index is 0.152. The van der Waals surface area contributed by atoms with Crippen molar-refractivity contribution in [1.82, 2.24) is 0 Å². The van der Waals surface area contributed by atoms with Gasteiger partial charge in [0, 0.05) is 12.8 Å². The van der Waals surface area contributed by atoms with Crippen molar-refractivity contribution >= 4 is 23.5 Å². The first-order valence-corrected chi connectivity index (χ1v) is 5.67. The lowest BCUT2D eigenvalue weighted by molar-refractivity contribution is -0.141. The molecule has 0 unspecified atom stereocenters. The number of carbonyl (C=O) groups excluding carboxylic acids is 2. The molecular formula is C9H16O3S. The lowest BCUT2D eigenvalue weighted by Gasteiger charge is -1.99. The molecule has 0 aromatic carbocycles. The number of hydrogen-bond acceptors (Lipinski definition) is 4. The van der Waals surface area contributed by atoms with Crippen LogP contribution in [-0.4, -0.2) is 30.9 Å². The van der Waals surface area contributed by atoms with Gasteiger partial charge in [0.25, 0.3) is 0 Å². The van der Waals surface area contributed by atoms with Crippen LogP contribution in [0.3, 0.4) is 0 Å². The van der Waals surface area contributed by atoms with E-state index in [1.807, 2.05) is 6.26 Å². The summed E-state index contributed by atoms with van der Waals surface area (Å²) in [4.78, 5) is 21.8. The van der Waals surface area contributed by atoms with Gasteiger partial charge in [-0.2, -0.15) is 11.8 Å². The first-order chi connectivity index (χ1) is 6.20. The number of Topliss-reactive ketones (excluding diaryl/α,β-unsaturated/α-hetero) is 1. The van der Waals surface area contributed by atoms with Crippen LogP contribution in [-0.2, 0) is 14.3 Å². The Morgan fingerprint density at radius 1 is 1.23 bits per heavy atom. The van der Waals surface area contributed by atoms with Gasteiger partial charge in [-0.3, -0.25) is 9.59 Å². The summed E-state index contributed by atoms with van der Waals surface area (Å²) in [5.41, 5.74) is 0. The lowest BCUT2D eigenvalue weighted by atomic mass is 10.1. The van der Waals surface area contributed by atoms with Gasteiger partial charge >= 0.3 is 5.97 Å². The summed E-state index contributed by atoms with van der Waals surface area (Å²) in [6, 6.07) is 0. The van der Waals surface area contributed by atoms with E-state index in [-0.39, 0.29) is 18.2 Å². The Bertz CT molecular complexity index is 168. The molecule has 0 saturated heterocycles. The summed E-state index contributed by atoms with van der Waals surface area (Å²) in [7, 11) is 1.33. The third-order valence-corrected chi connectivity index (χ3v) is 2.34. The normalized spacial score (nSPS) is 9.69. The zero-order valence-electron chi connectivity index (χ0n) is 8.17. The van der Waals surface area contributed by atoms with Gasteiger partial charge in [-0.1, -0.05) is 0 Å². The van der Waals surface area contributed by atoms with E-state index < -0.39 is 0 Å². The van der Waals surface area contributed by atoms with E-state index in [2.05, 4.69) is 4.74 Å². The maximum absolute atomic E-state index is 11.1. The molecule has 13 heavy (non-hydrogen) atoms. The number of thioether (sulfide) groups is 1. The number of ether oxygens (including phenoxy) is 1. The molecule has 0 aliphatic rings. The van der Waals surface area contributed by atoms with Crippen molar-refractivity contribution < 1.29 is 14.3 Å². The highest BCUT2D eigenvalue weighted by Gasteiger charge is 2.05. The Labute approximate surface area is 83.2 Å². The summed E-state index contributed by atoms with van der Waals surface area (Å²) < 4.78 is 4.43. The highest BCUT2D eigenvalue weighted by atomic mass is 32.2. The molecule has 0 saturated carbocycles. The Morgan fingerprint density at radius 2 is 1.92 bits per heavy atom. The summed E-state index contributed by atoms with van der Waals surface area (Å²) >= 11 is 1.73. The molecule has 0 aliphatic carbocycles. The van der Waals surface area contributed by atoms with Gasteiger partial charge in [-0.25, -0.2) is 0 Å². The highest BCUT2D eigenvalue weighted by Crippen LogP contribution is 2.03. The van der Waals surface area contributed by atoms with Crippen molar-refractivity contribution in [2.75, 3.05) is 19.1 Å². The zero-order chi connectivity index (χ0) is 10.1. The first kappa shape index (κ1) is 12.5. The van der Waals surface area contributed by atoms with Crippen molar-refractivity contribution in [3.8, 4) is 0 Å². The average Bonchev–Trinajstić information content (AvgIpc) is 2.14. The second-order valence-corrected chi connectivity index (χ2v) is 3.70. The fraction of sp³-hybridized carbons (Fsp3) is 0.778. The Morgan fingerprint density at radius 3 is 2.46 bits per heavy atom. The third-order valence-electron chi connectivity index (χ3n) is 1.64. The molecule has 76 valence electrons. The molecule has 0 N–H and O–H groups in total. The van der Waals surface area contributed by atoms with E-state index in [9.17, 15) is 9.59 Å². The smallest absolute Gasteiger partial charge is 0.305 e. The number of esters is 1.